The van der Waals surface area contributed by atoms with Gasteiger partial charge in [-0.05, 0) is 55.7 Å². The normalized spacial score (nSPS) is 14.7. The lowest BCUT2D eigenvalue weighted by molar-refractivity contribution is -0.124. The number of hydrogen-bond donors (Lipinski definition) is 2. The van der Waals surface area contributed by atoms with Crippen molar-refractivity contribution in [1.29, 1.82) is 0 Å². The summed E-state index contributed by atoms with van der Waals surface area (Å²) in [6, 6.07) is 6.61. The van der Waals surface area contributed by atoms with Gasteiger partial charge >= 0.3 is 0 Å². The van der Waals surface area contributed by atoms with Crippen LogP contribution in [-0.2, 0) is 9.59 Å². The molecule has 0 saturated heterocycles. The van der Waals surface area contributed by atoms with Gasteiger partial charge in [0.05, 0.1) is 6.54 Å². The van der Waals surface area contributed by atoms with Crippen molar-refractivity contribution in [1.82, 2.24) is 10.5 Å². The van der Waals surface area contributed by atoms with Crippen molar-refractivity contribution in [2.24, 2.45) is 5.92 Å². The van der Waals surface area contributed by atoms with Gasteiger partial charge in [-0.3, -0.25) is 9.59 Å². The summed E-state index contributed by atoms with van der Waals surface area (Å²) >= 11 is 0. The number of hydrogen-bond acceptors (Lipinski definition) is 4. The van der Waals surface area contributed by atoms with Crippen molar-refractivity contribution in [3.05, 3.63) is 47.0 Å². The highest BCUT2D eigenvalue weighted by molar-refractivity contribution is 5.93. The number of nitrogens with one attached hydrogen (secondary N) is 2. The first-order chi connectivity index (χ1) is 12.4. The van der Waals surface area contributed by atoms with Gasteiger partial charge < -0.3 is 15.2 Å². The maximum atomic E-state index is 13.5. The van der Waals surface area contributed by atoms with E-state index in [9.17, 15) is 14.0 Å². The number of carbonyl (C=O) groups is 2. The Morgan fingerprint density at radius 2 is 2.04 bits per heavy atom. The number of halogens is 1. The molecule has 1 atom stereocenters. The molecule has 1 saturated carbocycles. The Bertz CT molecular complexity index is 814. The monoisotopic (exact) mass is 359 g/mol. The minimum absolute atomic E-state index is 0.0514. The van der Waals surface area contributed by atoms with E-state index in [0.717, 1.165) is 18.4 Å². The SMILES string of the molecule is Cc1cc(NC(=O)CNC(=O)CC(c2ccc(F)c(C)c2)C2CC2)no1. The number of aromatic nitrogens is 1. The van der Waals surface area contributed by atoms with E-state index < -0.39 is 0 Å². The van der Waals surface area contributed by atoms with Gasteiger partial charge in [0.1, 0.15) is 11.6 Å². The Hall–Kier alpha value is -2.70. The molecular formula is C19H22FN3O3. The van der Waals surface area contributed by atoms with E-state index in [1.54, 1.807) is 26.0 Å². The maximum absolute atomic E-state index is 13.5. The van der Waals surface area contributed by atoms with E-state index in [0.29, 0.717) is 23.1 Å². The molecule has 0 bridgehead atoms. The predicted octanol–water partition coefficient (Wildman–Crippen LogP) is 3.07. The fourth-order valence-corrected chi connectivity index (χ4v) is 3.02. The number of aryl methyl sites for hydroxylation is 2. The van der Waals surface area contributed by atoms with Crippen LogP contribution in [0.1, 0.15) is 42.1 Å². The summed E-state index contributed by atoms with van der Waals surface area (Å²) in [6.07, 6.45) is 2.42. The lowest BCUT2D eigenvalue weighted by Gasteiger charge is -2.17. The standard InChI is InChI=1S/C19H22FN3O3/c1-11-7-14(5-6-16(11)20)15(13-3-4-13)9-18(24)21-10-19(25)22-17-8-12(2)26-23-17/h5-8,13,15H,3-4,9-10H2,1-2H3,(H,21,24)(H,22,23,25). The highest BCUT2D eigenvalue weighted by Gasteiger charge is 2.33. The molecule has 1 unspecified atom stereocenters. The average Bonchev–Trinajstić information content (AvgIpc) is 3.36. The summed E-state index contributed by atoms with van der Waals surface area (Å²) in [7, 11) is 0. The van der Waals surface area contributed by atoms with Crippen LogP contribution >= 0.6 is 0 Å². The van der Waals surface area contributed by atoms with E-state index >= 15 is 0 Å². The van der Waals surface area contributed by atoms with E-state index in [-0.39, 0.29) is 36.5 Å². The molecule has 1 heterocycles. The molecule has 6 nitrogen and oxygen atoms in total. The van der Waals surface area contributed by atoms with Gasteiger partial charge in [-0.2, -0.15) is 0 Å². The summed E-state index contributed by atoms with van der Waals surface area (Å²) in [5.41, 5.74) is 1.56. The number of carbonyl (C=O) groups excluding carboxylic acids is 2. The molecule has 26 heavy (non-hydrogen) atoms. The molecule has 1 aromatic carbocycles. The summed E-state index contributed by atoms with van der Waals surface area (Å²) in [5, 5.41) is 8.85. The van der Waals surface area contributed by atoms with Gasteiger partial charge in [0.15, 0.2) is 5.82 Å². The Kier molecular flexibility index (Phi) is 5.35. The molecule has 1 aliphatic carbocycles. The zero-order valence-corrected chi connectivity index (χ0v) is 14.8. The lowest BCUT2D eigenvalue weighted by atomic mass is 9.89. The van der Waals surface area contributed by atoms with Gasteiger partial charge in [-0.1, -0.05) is 17.3 Å². The van der Waals surface area contributed by atoms with Crippen LogP contribution in [0.3, 0.4) is 0 Å². The van der Waals surface area contributed by atoms with Crippen molar-refractivity contribution < 1.29 is 18.5 Å². The van der Waals surface area contributed by atoms with Crippen molar-refractivity contribution in [2.75, 3.05) is 11.9 Å². The molecule has 0 aliphatic heterocycles. The fourth-order valence-electron chi connectivity index (χ4n) is 3.02. The molecule has 0 radical (unpaired) electrons. The average molecular weight is 359 g/mol. The van der Waals surface area contributed by atoms with Gasteiger partial charge in [-0.15, -0.1) is 0 Å². The van der Waals surface area contributed by atoms with Crippen LogP contribution in [-0.4, -0.2) is 23.5 Å². The number of anilines is 1. The van der Waals surface area contributed by atoms with E-state index in [1.165, 1.54) is 6.07 Å². The maximum Gasteiger partial charge on any atom is 0.245 e. The van der Waals surface area contributed by atoms with Crippen LogP contribution in [0, 0.1) is 25.6 Å². The highest BCUT2D eigenvalue weighted by Crippen LogP contribution is 2.44. The Morgan fingerprint density at radius 1 is 1.27 bits per heavy atom. The van der Waals surface area contributed by atoms with Crippen LogP contribution in [0.25, 0.3) is 0 Å². The zero-order valence-electron chi connectivity index (χ0n) is 14.8. The van der Waals surface area contributed by atoms with E-state index in [4.69, 9.17) is 4.52 Å². The molecule has 1 aliphatic rings. The fraction of sp³-hybridized carbons (Fsp3) is 0.421. The first-order valence-corrected chi connectivity index (χ1v) is 8.68. The largest absolute Gasteiger partial charge is 0.360 e. The molecule has 1 fully saturated rings. The van der Waals surface area contributed by atoms with Crippen LogP contribution in [0.5, 0.6) is 0 Å². The van der Waals surface area contributed by atoms with Crippen molar-refractivity contribution in [3.8, 4) is 0 Å². The molecule has 1 aromatic heterocycles. The molecule has 2 N–H and O–H groups in total. The van der Waals surface area contributed by atoms with Gasteiger partial charge in [0, 0.05) is 12.5 Å². The van der Waals surface area contributed by atoms with E-state index in [2.05, 4.69) is 15.8 Å². The van der Waals surface area contributed by atoms with Crippen LogP contribution in [0.15, 0.2) is 28.8 Å². The second kappa shape index (κ2) is 7.68. The highest BCUT2D eigenvalue weighted by atomic mass is 19.1. The van der Waals surface area contributed by atoms with Gasteiger partial charge in [0.25, 0.3) is 0 Å². The predicted molar refractivity (Wildman–Crippen MR) is 94.1 cm³/mol. The molecular weight excluding hydrogens is 337 g/mol. The van der Waals surface area contributed by atoms with Crippen LogP contribution in [0.2, 0.25) is 0 Å². The Morgan fingerprint density at radius 3 is 2.65 bits per heavy atom. The van der Waals surface area contributed by atoms with Crippen LogP contribution in [0.4, 0.5) is 10.2 Å². The minimum Gasteiger partial charge on any atom is -0.360 e. The molecule has 7 heteroatoms. The van der Waals surface area contributed by atoms with Gasteiger partial charge in [0.2, 0.25) is 11.8 Å². The summed E-state index contributed by atoms with van der Waals surface area (Å²) in [4.78, 5) is 24.1. The Labute approximate surface area is 151 Å². The lowest BCUT2D eigenvalue weighted by Crippen LogP contribution is -2.33. The second-order valence-corrected chi connectivity index (χ2v) is 6.80. The first kappa shape index (κ1) is 18.1. The van der Waals surface area contributed by atoms with Crippen LogP contribution < -0.4 is 10.6 Å². The number of nitrogens with zero attached hydrogens (tertiary/aromatic N) is 1. The minimum atomic E-state index is -0.368. The molecule has 2 aromatic rings. The van der Waals surface area contributed by atoms with Crippen molar-refractivity contribution in [2.45, 2.75) is 39.0 Å². The molecule has 0 spiro atoms. The summed E-state index contributed by atoms with van der Waals surface area (Å²) < 4.78 is 18.4. The number of rotatable bonds is 7. The van der Waals surface area contributed by atoms with E-state index in [1.807, 2.05) is 6.07 Å². The number of benzene rings is 1. The molecule has 2 amide bonds. The van der Waals surface area contributed by atoms with Crippen molar-refractivity contribution in [3.63, 3.8) is 0 Å². The molecule has 138 valence electrons. The molecule has 3 rings (SSSR count). The zero-order chi connectivity index (χ0) is 18.7. The summed E-state index contributed by atoms with van der Waals surface area (Å²) in [6.45, 7) is 3.31. The second-order valence-electron chi connectivity index (χ2n) is 6.80. The summed E-state index contributed by atoms with van der Waals surface area (Å²) in [5.74, 6) is 0.591. The first-order valence-electron chi connectivity index (χ1n) is 8.68. The topological polar surface area (TPSA) is 84.2 Å². The third-order valence-electron chi connectivity index (χ3n) is 4.55. The van der Waals surface area contributed by atoms with Gasteiger partial charge in [-0.25, -0.2) is 4.39 Å². The third-order valence-corrected chi connectivity index (χ3v) is 4.55. The smallest absolute Gasteiger partial charge is 0.245 e. The van der Waals surface area contributed by atoms with Crippen molar-refractivity contribution >= 4 is 17.6 Å². The Balaban J connectivity index is 1.53. The quantitative estimate of drug-likeness (QED) is 0.796. The third kappa shape index (κ3) is 4.68. The number of amides is 2.